The summed E-state index contributed by atoms with van der Waals surface area (Å²) in [6.45, 7) is 5.05. The molecule has 0 spiro atoms. The zero-order valence-corrected chi connectivity index (χ0v) is 14.0. The summed E-state index contributed by atoms with van der Waals surface area (Å²) in [7, 11) is 5.34. The molecule has 0 aliphatic rings. The highest BCUT2D eigenvalue weighted by atomic mass is 35.5. The van der Waals surface area contributed by atoms with Gasteiger partial charge in [-0.2, -0.15) is 0 Å². The number of methoxy groups -OCH3 is 1. The van der Waals surface area contributed by atoms with Gasteiger partial charge in [-0.1, -0.05) is 25.4 Å². The number of hydrogen-bond donors (Lipinski definition) is 2. The summed E-state index contributed by atoms with van der Waals surface area (Å²) in [6.07, 6.45) is 0. The number of esters is 1. The molecule has 1 aromatic carbocycles. The summed E-state index contributed by atoms with van der Waals surface area (Å²) >= 11 is 6.26. The molecule has 1 rings (SSSR count). The molecule has 1 atom stereocenters. The first kappa shape index (κ1) is 17.6. The molecule has 0 aliphatic carbocycles. The van der Waals surface area contributed by atoms with Crippen LogP contribution in [0.4, 0.5) is 11.4 Å². The fraction of sp³-hybridized carbons (Fsp3) is 0.533. The largest absolute Gasteiger partial charge is 0.465 e. The molecule has 1 unspecified atom stereocenters. The summed E-state index contributed by atoms with van der Waals surface area (Å²) in [6, 6.07) is 3.35. The van der Waals surface area contributed by atoms with Crippen molar-refractivity contribution in [3.63, 3.8) is 0 Å². The Labute approximate surface area is 131 Å². The maximum Gasteiger partial charge on any atom is 0.340 e. The number of carbonyl (C=O) groups excluding carboxylic acids is 1. The van der Waals surface area contributed by atoms with Crippen molar-refractivity contribution in [3.05, 3.63) is 22.7 Å². The Morgan fingerprint density at radius 2 is 2.05 bits per heavy atom. The van der Waals surface area contributed by atoms with Gasteiger partial charge in [-0.05, 0) is 32.1 Å². The van der Waals surface area contributed by atoms with E-state index in [4.69, 9.17) is 22.1 Å². The zero-order valence-electron chi connectivity index (χ0n) is 13.2. The molecular weight excluding hydrogens is 290 g/mol. The SMILES string of the molecule is COC(=O)c1cc(N)cc(Cl)c1NC(CN(C)C)C(C)C. The van der Waals surface area contributed by atoms with Crippen LogP contribution in [0.3, 0.4) is 0 Å². The number of anilines is 2. The summed E-state index contributed by atoms with van der Waals surface area (Å²) in [5.74, 6) is -0.0921. The Balaban J connectivity index is 3.18. The molecule has 6 heteroatoms. The van der Waals surface area contributed by atoms with E-state index in [0.29, 0.717) is 27.9 Å². The minimum atomic E-state index is -0.459. The van der Waals surface area contributed by atoms with E-state index >= 15 is 0 Å². The van der Waals surface area contributed by atoms with Crippen molar-refractivity contribution < 1.29 is 9.53 Å². The van der Waals surface area contributed by atoms with Crippen molar-refractivity contribution >= 4 is 28.9 Å². The Bertz CT molecular complexity index is 504. The van der Waals surface area contributed by atoms with Crippen LogP contribution in [0.5, 0.6) is 0 Å². The molecule has 21 heavy (non-hydrogen) atoms. The standard InChI is InChI=1S/C15H24ClN3O2/c1-9(2)13(8-19(3)4)18-14-11(15(20)21-5)6-10(17)7-12(14)16/h6-7,9,13,18H,8,17H2,1-5H3. The van der Waals surface area contributed by atoms with E-state index in [1.807, 2.05) is 14.1 Å². The van der Waals surface area contributed by atoms with E-state index in [2.05, 4.69) is 24.1 Å². The lowest BCUT2D eigenvalue weighted by molar-refractivity contribution is 0.0602. The molecule has 0 saturated heterocycles. The summed E-state index contributed by atoms with van der Waals surface area (Å²) in [5, 5.41) is 3.78. The fourth-order valence-corrected chi connectivity index (χ4v) is 2.33. The van der Waals surface area contributed by atoms with Gasteiger partial charge in [0.05, 0.1) is 23.4 Å². The number of nitrogens with two attached hydrogens (primary N) is 1. The second-order valence-electron chi connectivity index (χ2n) is 5.67. The van der Waals surface area contributed by atoms with Gasteiger partial charge in [-0.15, -0.1) is 0 Å². The van der Waals surface area contributed by atoms with Gasteiger partial charge in [0.25, 0.3) is 0 Å². The van der Waals surface area contributed by atoms with E-state index in [0.717, 1.165) is 6.54 Å². The Morgan fingerprint density at radius 3 is 2.52 bits per heavy atom. The molecule has 118 valence electrons. The van der Waals surface area contributed by atoms with Crippen LogP contribution < -0.4 is 11.1 Å². The van der Waals surface area contributed by atoms with Gasteiger partial charge in [0, 0.05) is 18.3 Å². The fourth-order valence-electron chi connectivity index (χ4n) is 2.05. The highest BCUT2D eigenvalue weighted by Crippen LogP contribution is 2.31. The number of ether oxygens (including phenoxy) is 1. The number of hydrogen-bond acceptors (Lipinski definition) is 5. The smallest absolute Gasteiger partial charge is 0.340 e. The third-order valence-electron chi connectivity index (χ3n) is 3.21. The van der Waals surface area contributed by atoms with Crippen LogP contribution in [-0.4, -0.2) is 44.7 Å². The number of nitrogen functional groups attached to an aromatic ring is 1. The third kappa shape index (κ3) is 4.79. The maximum absolute atomic E-state index is 11.9. The number of rotatable bonds is 6. The highest BCUT2D eigenvalue weighted by Gasteiger charge is 2.21. The van der Waals surface area contributed by atoms with Gasteiger partial charge in [0.15, 0.2) is 0 Å². The number of nitrogens with zero attached hydrogens (tertiary/aromatic N) is 1. The van der Waals surface area contributed by atoms with Crippen molar-refractivity contribution in [2.75, 3.05) is 38.8 Å². The van der Waals surface area contributed by atoms with Crippen LogP contribution in [0, 0.1) is 5.92 Å². The van der Waals surface area contributed by atoms with Crippen LogP contribution in [-0.2, 0) is 4.74 Å². The highest BCUT2D eigenvalue weighted by molar-refractivity contribution is 6.34. The van der Waals surface area contributed by atoms with Crippen molar-refractivity contribution in [2.24, 2.45) is 5.92 Å². The second-order valence-corrected chi connectivity index (χ2v) is 6.08. The molecule has 0 amide bonds. The van der Waals surface area contributed by atoms with Crippen LogP contribution >= 0.6 is 11.6 Å². The zero-order chi connectivity index (χ0) is 16.2. The lowest BCUT2D eigenvalue weighted by atomic mass is 10.0. The quantitative estimate of drug-likeness (QED) is 0.624. The van der Waals surface area contributed by atoms with Crippen molar-refractivity contribution in [1.29, 1.82) is 0 Å². The van der Waals surface area contributed by atoms with Crippen molar-refractivity contribution in [2.45, 2.75) is 19.9 Å². The molecule has 3 N–H and O–H groups in total. The first-order valence-corrected chi connectivity index (χ1v) is 7.22. The Morgan fingerprint density at radius 1 is 1.43 bits per heavy atom. The van der Waals surface area contributed by atoms with E-state index in [9.17, 15) is 4.79 Å². The van der Waals surface area contributed by atoms with Gasteiger partial charge < -0.3 is 20.7 Å². The Kier molecular flexibility index (Phi) is 6.30. The van der Waals surface area contributed by atoms with Crippen molar-refractivity contribution in [3.8, 4) is 0 Å². The van der Waals surface area contributed by atoms with Crippen LogP contribution in [0.15, 0.2) is 12.1 Å². The maximum atomic E-state index is 11.9. The minimum Gasteiger partial charge on any atom is -0.465 e. The van der Waals surface area contributed by atoms with Gasteiger partial charge in [0.2, 0.25) is 0 Å². The lowest BCUT2D eigenvalue weighted by Crippen LogP contribution is -2.37. The average molecular weight is 314 g/mol. The lowest BCUT2D eigenvalue weighted by Gasteiger charge is -2.28. The predicted molar refractivity (Wildman–Crippen MR) is 88.0 cm³/mol. The average Bonchev–Trinajstić information content (AvgIpc) is 2.38. The molecular formula is C15H24ClN3O2. The molecule has 0 heterocycles. The van der Waals surface area contributed by atoms with Gasteiger partial charge in [-0.3, -0.25) is 0 Å². The Hall–Kier alpha value is -1.46. The van der Waals surface area contributed by atoms with Gasteiger partial charge in [0.1, 0.15) is 0 Å². The van der Waals surface area contributed by atoms with E-state index < -0.39 is 5.97 Å². The number of nitrogens with one attached hydrogen (secondary N) is 1. The first-order valence-electron chi connectivity index (χ1n) is 6.84. The predicted octanol–water partition coefficient (Wildman–Crippen LogP) is 2.71. The molecule has 0 saturated carbocycles. The second kappa shape index (κ2) is 7.52. The van der Waals surface area contributed by atoms with E-state index in [1.165, 1.54) is 7.11 Å². The molecule has 0 fully saturated rings. The summed E-state index contributed by atoms with van der Waals surface area (Å²) < 4.78 is 4.81. The number of benzene rings is 1. The minimum absolute atomic E-state index is 0.143. The van der Waals surface area contributed by atoms with Gasteiger partial charge in [-0.25, -0.2) is 4.79 Å². The van der Waals surface area contributed by atoms with E-state index in [1.54, 1.807) is 12.1 Å². The topological polar surface area (TPSA) is 67.6 Å². The molecule has 0 radical (unpaired) electrons. The summed E-state index contributed by atoms with van der Waals surface area (Å²) in [5.41, 5.74) is 7.12. The van der Waals surface area contributed by atoms with Crippen LogP contribution in [0.1, 0.15) is 24.2 Å². The number of carbonyl (C=O) groups is 1. The van der Waals surface area contributed by atoms with Crippen molar-refractivity contribution in [1.82, 2.24) is 4.90 Å². The van der Waals surface area contributed by atoms with E-state index in [-0.39, 0.29) is 6.04 Å². The molecule has 0 aliphatic heterocycles. The molecule has 1 aromatic rings. The first-order chi connectivity index (χ1) is 9.76. The molecule has 0 aromatic heterocycles. The van der Waals surface area contributed by atoms with Crippen LogP contribution in [0.25, 0.3) is 0 Å². The third-order valence-corrected chi connectivity index (χ3v) is 3.51. The number of halogens is 1. The molecule has 0 bridgehead atoms. The monoisotopic (exact) mass is 313 g/mol. The van der Waals surface area contributed by atoms with Crippen LogP contribution in [0.2, 0.25) is 5.02 Å². The summed E-state index contributed by atoms with van der Waals surface area (Å²) in [4.78, 5) is 14.0. The van der Waals surface area contributed by atoms with Gasteiger partial charge >= 0.3 is 5.97 Å². The number of likely N-dealkylation sites (N-methyl/N-ethyl adjacent to an activating group) is 1. The normalized spacial score (nSPS) is 12.6. The molecule has 5 nitrogen and oxygen atoms in total.